The lowest BCUT2D eigenvalue weighted by Crippen LogP contribution is -2.28. The summed E-state index contributed by atoms with van der Waals surface area (Å²) in [6.45, 7) is 0. The zero-order chi connectivity index (χ0) is 79.5. The fourth-order valence-electron chi connectivity index (χ4n) is 19.4. The maximum atomic E-state index is 2.47. The van der Waals surface area contributed by atoms with Gasteiger partial charge in [-0.3, -0.25) is 0 Å². The molecule has 0 unspecified atom stereocenters. The predicted molar refractivity (Wildman–Crippen MR) is 510 cm³/mol. The van der Waals surface area contributed by atoms with Crippen molar-refractivity contribution in [2.24, 2.45) is 0 Å². The molecule has 2 aromatic heterocycles. The summed E-state index contributed by atoms with van der Waals surface area (Å²) in [5.74, 6) is 0. The zero-order valence-electron chi connectivity index (χ0n) is 65.7. The standard InChI is InChI=1S/C61H41NS.C55H37NS/c1-4-18-42(19-5-1)43-32-36-48(37-33-43)62(47-22-8-3-9-23-47)58-31-17-14-28-53(58)50-25-11-10-24-49(50)44-34-38-54-55-39-35-46(41-60(55)63-59(54)40-44)61(45-20-6-2-7-21-45)56-29-15-12-26-51(56)52-27-13-16-30-57(52)61;1-4-16-38(17-5-1)39-28-32-44(33-29-39)56(43-20-8-3-9-21-43)52-27-15-12-22-45(52)40-30-34-48-49-35-31-42(37-54(49)57-53(48)36-40)55(41-18-6-2-7-19-41)50-25-13-10-23-46(50)47-24-11-14-26-51(47)55/h1-41H;1-37H. The Labute approximate surface area is 708 Å². The van der Waals surface area contributed by atoms with Gasteiger partial charge in [0.1, 0.15) is 0 Å². The summed E-state index contributed by atoms with van der Waals surface area (Å²) in [6.07, 6.45) is 0. The van der Waals surface area contributed by atoms with Gasteiger partial charge in [-0.2, -0.15) is 0 Å². The van der Waals surface area contributed by atoms with Crippen molar-refractivity contribution in [1.29, 1.82) is 0 Å². The van der Waals surface area contributed by atoms with Crippen LogP contribution in [0.15, 0.2) is 473 Å². The molecular weight excluding hydrogens is 1490 g/mol. The first-order valence-electron chi connectivity index (χ1n) is 41.3. The van der Waals surface area contributed by atoms with Crippen LogP contribution in [0, 0.1) is 0 Å². The number of para-hydroxylation sites is 4. The van der Waals surface area contributed by atoms with Crippen molar-refractivity contribution >= 4 is 97.1 Å². The Bertz CT molecular complexity index is 7290. The van der Waals surface area contributed by atoms with E-state index < -0.39 is 10.8 Å². The molecule has 120 heavy (non-hydrogen) atoms. The summed E-state index contributed by atoms with van der Waals surface area (Å²) >= 11 is 3.79. The molecule has 0 amide bonds. The van der Waals surface area contributed by atoms with Crippen LogP contribution < -0.4 is 9.80 Å². The summed E-state index contributed by atoms with van der Waals surface area (Å²) in [7, 11) is 0. The van der Waals surface area contributed by atoms with Crippen LogP contribution in [0.5, 0.6) is 0 Å². The van der Waals surface area contributed by atoms with E-state index in [1.54, 1.807) is 0 Å². The van der Waals surface area contributed by atoms with E-state index in [0.29, 0.717) is 0 Å². The monoisotopic (exact) mass is 1560 g/mol. The highest BCUT2D eigenvalue weighted by Gasteiger charge is 2.48. The fraction of sp³-hybridized carbons (Fsp3) is 0.0172. The molecule has 564 valence electrons. The highest BCUT2D eigenvalue weighted by atomic mass is 32.1. The minimum absolute atomic E-state index is 0.414. The SMILES string of the molecule is c1ccc(-c2ccc(N(c3ccccc3)c3ccccc3-c3ccc4c(c3)sc3cc(C5(c6ccccc6)c6ccccc6-c6ccccc65)ccc34)cc2)cc1.c1ccc(-c2ccc(N(c3ccccc3)c3ccccc3-c3ccccc3-c3ccc4c(c3)sc3cc(C5(c6ccccc6)c6ccccc6-c6ccccc65)ccc34)cc2)cc1. The maximum absolute atomic E-state index is 2.47. The van der Waals surface area contributed by atoms with E-state index in [0.717, 1.165) is 34.1 Å². The minimum atomic E-state index is -0.423. The molecule has 0 bridgehead atoms. The Balaban J connectivity index is 0.000000145. The summed E-state index contributed by atoms with van der Waals surface area (Å²) in [5.41, 5.74) is 33.7. The van der Waals surface area contributed by atoms with Crippen LogP contribution in [0.2, 0.25) is 0 Å². The quantitative estimate of drug-likeness (QED) is 0.101. The average molecular weight is 1560 g/mol. The van der Waals surface area contributed by atoms with Gasteiger partial charge in [0.2, 0.25) is 0 Å². The molecule has 0 atom stereocenters. The van der Waals surface area contributed by atoms with Gasteiger partial charge in [-0.15, -0.1) is 22.7 Å². The first-order chi connectivity index (χ1) is 59.5. The Morgan fingerprint density at radius 2 is 0.417 bits per heavy atom. The number of fused-ring (bicyclic) bond motifs is 12. The molecule has 0 fully saturated rings. The topological polar surface area (TPSA) is 6.48 Å². The number of hydrogen-bond acceptors (Lipinski definition) is 4. The van der Waals surface area contributed by atoms with Gasteiger partial charge in [0.05, 0.1) is 22.2 Å². The van der Waals surface area contributed by atoms with Crippen LogP contribution in [0.1, 0.15) is 44.5 Å². The lowest BCUT2D eigenvalue weighted by Gasteiger charge is -2.33. The number of hydrogen-bond donors (Lipinski definition) is 0. The Morgan fingerprint density at radius 1 is 0.158 bits per heavy atom. The van der Waals surface area contributed by atoms with E-state index >= 15 is 0 Å². The maximum Gasteiger partial charge on any atom is 0.0714 e. The van der Waals surface area contributed by atoms with Crippen molar-refractivity contribution in [3.8, 4) is 77.9 Å². The average Bonchev–Trinajstić information content (AvgIpc) is 1.54. The molecule has 2 heterocycles. The summed E-state index contributed by atoms with van der Waals surface area (Å²) in [5, 5.41) is 5.17. The molecule has 0 aliphatic heterocycles. The first kappa shape index (κ1) is 71.7. The second-order valence-electron chi connectivity index (χ2n) is 31.2. The van der Waals surface area contributed by atoms with Crippen molar-refractivity contribution in [2.45, 2.75) is 10.8 Å². The van der Waals surface area contributed by atoms with E-state index in [4.69, 9.17) is 0 Å². The number of benzene rings is 19. The van der Waals surface area contributed by atoms with E-state index in [1.165, 1.54) is 163 Å². The number of thiophene rings is 2. The van der Waals surface area contributed by atoms with Gasteiger partial charge in [-0.25, -0.2) is 0 Å². The second kappa shape index (κ2) is 30.4. The van der Waals surface area contributed by atoms with Crippen molar-refractivity contribution in [3.05, 3.63) is 518 Å². The molecule has 0 spiro atoms. The third-order valence-electron chi connectivity index (χ3n) is 24.8. The third kappa shape index (κ3) is 12.1. The summed E-state index contributed by atoms with van der Waals surface area (Å²) < 4.78 is 5.17. The molecule has 0 radical (unpaired) electrons. The molecule has 4 heteroatoms. The first-order valence-corrected chi connectivity index (χ1v) is 42.9. The highest BCUT2D eigenvalue weighted by Crippen LogP contribution is 2.60. The summed E-state index contributed by atoms with van der Waals surface area (Å²) in [4.78, 5) is 4.77. The number of nitrogens with zero attached hydrogens (tertiary/aromatic N) is 2. The Hall–Kier alpha value is -14.8. The molecule has 2 nitrogen and oxygen atoms in total. The number of anilines is 6. The van der Waals surface area contributed by atoms with Crippen LogP contribution >= 0.6 is 22.7 Å². The molecule has 23 rings (SSSR count). The highest BCUT2D eigenvalue weighted by molar-refractivity contribution is 7.26. The molecule has 2 aliphatic rings. The van der Waals surface area contributed by atoms with Gasteiger partial charge in [-0.1, -0.05) is 388 Å². The van der Waals surface area contributed by atoms with Gasteiger partial charge in [0, 0.05) is 74.2 Å². The largest absolute Gasteiger partial charge is 0.310 e. The Morgan fingerprint density at radius 3 is 0.808 bits per heavy atom. The molecule has 2 aliphatic carbocycles. The molecule has 0 N–H and O–H groups in total. The number of rotatable bonds is 15. The van der Waals surface area contributed by atoms with Gasteiger partial charge in [-0.05, 0) is 196 Å². The van der Waals surface area contributed by atoms with Crippen LogP contribution in [-0.4, -0.2) is 0 Å². The normalized spacial score (nSPS) is 12.6. The second-order valence-corrected chi connectivity index (χ2v) is 33.4. The van der Waals surface area contributed by atoms with Crippen LogP contribution in [0.4, 0.5) is 34.1 Å². The minimum Gasteiger partial charge on any atom is -0.310 e. The van der Waals surface area contributed by atoms with Gasteiger partial charge < -0.3 is 9.80 Å². The molecular formula is C116H78N2S2. The van der Waals surface area contributed by atoms with Crippen molar-refractivity contribution in [1.82, 2.24) is 0 Å². The third-order valence-corrected chi connectivity index (χ3v) is 27.0. The van der Waals surface area contributed by atoms with E-state index in [-0.39, 0.29) is 0 Å². The van der Waals surface area contributed by atoms with E-state index in [9.17, 15) is 0 Å². The molecule has 0 saturated heterocycles. The van der Waals surface area contributed by atoms with Crippen molar-refractivity contribution < 1.29 is 0 Å². The van der Waals surface area contributed by atoms with Gasteiger partial charge in [0.15, 0.2) is 0 Å². The predicted octanol–water partition coefficient (Wildman–Crippen LogP) is 32.1. The van der Waals surface area contributed by atoms with Crippen LogP contribution in [0.25, 0.3) is 118 Å². The fourth-order valence-corrected chi connectivity index (χ4v) is 21.8. The van der Waals surface area contributed by atoms with Crippen LogP contribution in [-0.2, 0) is 10.8 Å². The van der Waals surface area contributed by atoms with Gasteiger partial charge in [0.25, 0.3) is 0 Å². The lowest BCUT2D eigenvalue weighted by molar-refractivity contribution is 0.770. The van der Waals surface area contributed by atoms with Crippen molar-refractivity contribution in [2.75, 3.05) is 9.80 Å². The van der Waals surface area contributed by atoms with E-state index in [2.05, 4.69) is 483 Å². The van der Waals surface area contributed by atoms with Crippen molar-refractivity contribution in [3.63, 3.8) is 0 Å². The smallest absolute Gasteiger partial charge is 0.0714 e. The zero-order valence-corrected chi connectivity index (χ0v) is 67.4. The van der Waals surface area contributed by atoms with E-state index in [1.807, 2.05) is 22.7 Å². The molecule has 0 saturated carbocycles. The lowest BCUT2D eigenvalue weighted by atomic mass is 9.67. The summed E-state index contributed by atoms with van der Waals surface area (Å²) in [6, 6.07) is 174. The molecule has 19 aromatic carbocycles. The van der Waals surface area contributed by atoms with Gasteiger partial charge >= 0.3 is 0 Å². The van der Waals surface area contributed by atoms with Crippen LogP contribution in [0.3, 0.4) is 0 Å². The molecule has 21 aromatic rings. The Kier molecular flexibility index (Phi) is 18.2.